The van der Waals surface area contributed by atoms with E-state index in [0.717, 1.165) is 36.3 Å². The van der Waals surface area contributed by atoms with Gasteiger partial charge in [-0.25, -0.2) is 0 Å². The van der Waals surface area contributed by atoms with Crippen LogP contribution in [0.1, 0.15) is 48.7 Å². The van der Waals surface area contributed by atoms with Crippen molar-refractivity contribution >= 4 is 28.9 Å². The molecule has 0 atom stereocenters. The number of H-pyrrole nitrogens is 1. The van der Waals surface area contributed by atoms with Gasteiger partial charge in [0, 0.05) is 29.8 Å². The number of carbonyl (C=O) groups is 1. The Bertz CT molecular complexity index is 687. The molecule has 0 radical (unpaired) electrons. The Kier molecular flexibility index (Phi) is 6.49. The summed E-state index contributed by atoms with van der Waals surface area (Å²) in [5.74, 6) is -0.0446. The van der Waals surface area contributed by atoms with E-state index in [1.165, 1.54) is 11.1 Å². The molecular weight excluding hydrogens is 320 g/mol. The van der Waals surface area contributed by atoms with Gasteiger partial charge in [0.2, 0.25) is 5.91 Å². The highest BCUT2D eigenvalue weighted by Crippen LogP contribution is 2.17. The molecule has 0 fully saturated rings. The normalized spacial score (nSPS) is 10.5. The van der Waals surface area contributed by atoms with E-state index < -0.39 is 0 Å². The molecule has 0 aliphatic carbocycles. The summed E-state index contributed by atoms with van der Waals surface area (Å²) in [5.41, 5.74) is 5.43. The van der Waals surface area contributed by atoms with E-state index in [4.69, 9.17) is 12.2 Å². The van der Waals surface area contributed by atoms with E-state index in [0.29, 0.717) is 11.5 Å². The van der Waals surface area contributed by atoms with Gasteiger partial charge in [0.25, 0.3) is 0 Å². The number of amides is 1. The summed E-state index contributed by atoms with van der Waals surface area (Å²) in [6, 6.07) is 8.03. The number of hydrogen-bond donors (Lipinski definition) is 3. The Hall–Kier alpha value is -2.21. The number of nitrogens with one attached hydrogen (secondary N) is 3. The molecule has 0 bridgehead atoms. The lowest BCUT2D eigenvalue weighted by atomic mass is 10.0. The van der Waals surface area contributed by atoms with E-state index in [1.54, 1.807) is 0 Å². The smallest absolute Gasteiger partial charge is 0.226 e. The first-order valence-corrected chi connectivity index (χ1v) is 8.60. The van der Waals surface area contributed by atoms with Crippen LogP contribution in [0, 0.1) is 13.8 Å². The molecule has 24 heavy (non-hydrogen) atoms. The second-order valence-electron chi connectivity index (χ2n) is 5.89. The summed E-state index contributed by atoms with van der Waals surface area (Å²) in [7, 11) is 0. The average molecular weight is 344 g/mol. The minimum absolute atomic E-state index is 0.0446. The quantitative estimate of drug-likeness (QED) is 0.700. The fourth-order valence-corrected chi connectivity index (χ4v) is 2.67. The number of carbonyl (C=O) groups excluding carboxylic acids is 1. The third-order valence-electron chi connectivity index (χ3n) is 3.88. The van der Waals surface area contributed by atoms with Gasteiger partial charge in [-0.3, -0.25) is 9.89 Å². The second kappa shape index (κ2) is 8.59. The molecule has 0 saturated heterocycles. The first-order chi connectivity index (χ1) is 11.5. The van der Waals surface area contributed by atoms with E-state index >= 15 is 0 Å². The molecular formula is C18H24N4OS. The number of unbranched alkanes of at least 4 members (excludes halogenated alkanes) is 1. The molecule has 0 aliphatic rings. The Balaban J connectivity index is 1.90. The Labute approximate surface area is 148 Å². The van der Waals surface area contributed by atoms with Crippen LogP contribution in [-0.2, 0) is 11.2 Å². The second-order valence-corrected chi connectivity index (χ2v) is 6.30. The third-order valence-corrected chi connectivity index (χ3v) is 4.09. The van der Waals surface area contributed by atoms with Crippen LogP contribution in [0.25, 0.3) is 0 Å². The summed E-state index contributed by atoms with van der Waals surface area (Å²) >= 11 is 5.17. The summed E-state index contributed by atoms with van der Waals surface area (Å²) in [6.07, 6.45) is 3.20. The maximum atomic E-state index is 11.7. The third kappa shape index (κ3) is 5.16. The van der Waals surface area contributed by atoms with Crippen LogP contribution in [0.3, 0.4) is 0 Å². The van der Waals surface area contributed by atoms with Crippen molar-refractivity contribution in [3.05, 3.63) is 46.8 Å². The molecule has 1 heterocycles. The molecule has 0 saturated carbocycles. The summed E-state index contributed by atoms with van der Waals surface area (Å²) in [4.78, 5) is 11.7. The Morgan fingerprint density at radius 3 is 2.54 bits per heavy atom. The van der Waals surface area contributed by atoms with Crippen LogP contribution in [0.5, 0.6) is 0 Å². The maximum Gasteiger partial charge on any atom is 0.226 e. The highest BCUT2D eigenvalue weighted by atomic mass is 32.1. The minimum atomic E-state index is -0.0446. The molecule has 5 nitrogen and oxygen atoms in total. The predicted octanol–water partition coefficient (Wildman–Crippen LogP) is 3.62. The summed E-state index contributed by atoms with van der Waals surface area (Å²) < 4.78 is 0. The molecule has 0 unspecified atom stereocenters. The van der Waals surface area contributed by atoms with Crippen LogP contribution < -0.4 is 10.6 Å². The molecule has 0 spiro atoms. The molecule has 2 aromatic rings. The fourth-order valence-electron chi connectivity index (χ4n) is 2.43. The number of hydrogen-bond acceptors (Lipinski definition) is 3. The lowest BCUT2D eigenvalue weighted by Gasteiger charge is -2.10. The molecule has 3 N–H and O–H groups in total. The van der Waals surface area contributed by atoms with Gasteiger partial charge in [0.05, 0.1) is 5.69 Å². The molecule has 0 aliphatic heterocycles. The standard InChI is InChI=1S/C18H24N4OS/c1-4-5-6-17(23)20-18(24)19-15-9-7-14(8-10-15)11-16-12(2)21-22-13(16)3/h7-10H,4-6,11H2,1-3H3,(H,21,22)(H2,19,20,23,24). The number of thiocarbonyl (C=S) groups is 1. The molecule has 1 aromatic heterocycles. The summed E-state index contributed by atoms with van der Waals surface area (Å²) in [6.45, 7) is 6.09. The van der Waals surface area contributed by atoms with Crippen LogP contribution >= 0.6 is 12.2 Å². The van der Waals surface area contributed by atoms with Crippen molar-refractivity contribution in [2.75, 3.05) is 5.32 Å². The van der Waals surface area contributed by atoms with Crippen molar-refractivity contribution in [2.24, 2.45) is 0 Å². The van der Waals surface area contributed by atoms with Gasteiger partial charge >= 0.3 is 0 Å². The maximum absolute atomic E-state index is 11.7. The van der Waals surface area contributed by atoms with Gasteiger partial charge in [-0.1, -0.05) is 25.5 Å². The largest absolute Gasteiger partial charge is 0.332 e. The number of aromatic nitrogens is 2. The molecule has 128 valence electrons. The van der Waals surface area contributed by atoms with Gasteiger partial charge in [-0.2, -0.15) is 5.10 Å². The Morgan fingerprint density at radius 1 is 1.25 bits per heavy atom. The Morgan fingerprint density at radius 2 is 1.96 bits per heavy atom. The van der Waals surface area contributed by atoms with E-state index in [2.05, 4.69) is 39.9 Å². The van der Waals surface area contributed by atoms with Crippen molar-refractivity contribution in [2.45, 2.75) is 46.5 Å². The molecule has 2 rings (SSSR count). The summed E-state index contributed by atoms with van der Waals surface area (Å²) in [5, 5.41) is 13.3. The predicted molar refractivity (Wildman–Crippen MR) is 101 cm³/mol. The fraction of sp³-hybridized carbons (Fsp3) is 0.389. The first-order valence-electron chi connectivity index (χ1n) is 8.19. The molecule has 6 heteroatoms. The van der Waals surface area contributed by atoms with Crippen molar-refractivity contribution in [3.8, 4) is 0 Å². The molecule has 1 aromatic carbocycles. The number of rotatable bonds is 6. The van der Waals surface area contributed by atoms with Crippen LogP contribution in [0.4, 0.5) is 5.69 Å². The van der Waals surface area contributed by atoms with Crippen molar-refractivity contribution in [3.63, 3.8) is 0 Å². The van der Waals surface area contributed by atoms with Gasteiger partial charge in [-0.05, 0) is 50.2 Å². The zero-order valence-corrected chi connectivity index (χ0v) is 15.2. The number of nitrogens with zero attached hydrogens (tertiary/aromatic N) is 1. The zero-order chi connectivity index (χ0) is 17.5. The lowest BCUT2D eigenvalue weighted by molar-refractivity contribution is -0.119. The van der Waals surface area contributed by atoms with Gasteiger partial charge in [-0.15, -0.1) is 0 Å². The average Bonchev–Trinajstić information content (AvgIpc) is 2.86. The van der Waals surface area contributed by atoms with Crippen LogP contribution in [-0.4, -0.2) is 21.2 Å². The highest BCUT2D eigenvalue weighted by molar-refractivity contribution is 7.80. The monoisotopic (exact) mass is 344 g/mol. The number of anilines is 1. The van der Waals surface area contributed by atoms with Crippen molar-refractivity contribution < 1.29 is 4.79 Å². The van der Waals surface area contributed by atoms with E-state index in [9.17, 15) is 4.79 Å². The van der Waals surface area contributed by atoms with E-state index in [-0.39, 0.29) is 5.91 Å². The van der Waals surface area contributed by atoms with Gasteiger partial charge in [0.15, 0.2) is 5.11 Å². The highest BCUT2D eigenvalue weighted by Gasteiger charge is 2.08. The lowest BCUT2D eigenvalue weighted by Crippen LogP contribution is -2.33. The van der Waals surface area contributed by atoms with Crippen molar-refractivity contribution in [1.82, 2.24) is 15.5 Å². The number of aryl methyl sites for hydroxylation is 2. The number of aromatic amines is 1. The van der Waals surface area contributed by atoms with E-state index in [1.807, 2.05) is 26.0 Å². The van der Waals surface area contributed by atoms with Gasteiger partial charge in [0.1, 0.15) is 0 Å². The SMILES string of the molecule is CCCCC(=O)NC(=S)Nc1ccc(Cc2c(C)n[nH]c2C)cc1. The first kappa shape index (κ1) is 18.1. The topological polar surface area (TPSA) is 69.8 Å². The van der Waals surface area contributed by atoms with Crippen molar-refractivity contribution in [1.29, 1.82) is 0 Å². The minimum Gasteiger partial charge on any atom is -0.332 e. The van der Waals surface area contributed by atoms with Gasteiger partial charge < -0.3 is 10.6 Å². The van der Waals surface area contributed by atoms with Crippen LogP contribution in [0.15, 0.2) is 24.3 Å². The zero-order valence-electron chi connectivity index (χ0n) is 14.4. The van der Waals surface area contributed by atoms with Crippen LogP contribution in [0.2, 0.25) is 0 Å². The number of benzene rings is 1. The molecule has 1 amide bonds.